The van der Waals surface area contributed by atoms with E-state index in [-0.39, 0.29) is 11.5 Å². The summed E-state index contributed by atoms with van der Waals surface area (Å²) in [5, 5.41) is 0.421. The summed E-state index contributed by atoms with van der Waals surface area (Å²) in [7, 11) is 0. The normalized spacial score (nSPS) is 12.6. The van der Waals surface area contributed by atoms with Crippen LogP contribution in [0.15, 0.2) is 6.33 Å². The number of alkyl halides is 4. The third-order valence-corrected chi connectivity index (χ3v) is 3.12. The van der Waals surface area contributed by atoms with Gasteiger partial charge in [0.1, 0.15) is 17.8 Å². The van der Waals surface area contributed by atoms with Crippen molar-refractivity contribution in [3.05, 3.63) is 17.6 Å². The number of rotatable bonds is 3. The van der Waals surface area contributed by atoms with E-state index >= 15 is 0 Å². The summed E-state index contributed by atoms with van der Waals surface area (Å²) in [6, 6.07) is 0. The van der Waals surface area contributed by atoms with Gasteiger partial charge in [-0.2, -0.15) is 8.78 Å². The van der Waals surface area contributed by atoms with Gasteiger partial charge in [-0.15, -0.1) is 0 Å². The Kier molecular flexibility index (Phi) is 3.11. The van der Waals surface area contributed by atoms with Crippen LogP contribution in [0.1, 0.15) is 11.3 Å². The molecule has 0 fully saturated rings. The van der Waals surface area contributed by atoms with Crippen molar-refractivity contribution in [1.29, 1.82) is 0 Å². The lowest BCUT2D eigenvalue weighted by Crippen LogP contribution is -2.32. The van der Waals surface area contributed by atoms with Crippen LogP contribution in [-0.4, -0.2) is 26.9 Å². The summed E-state index contributed by atoms with van der Waals surface area (Å²) < 4.78 is 52.0. The maximum atomic E-state index is 13.2. The van der Waals surface area contributed by atoms with Gasteiger partial charge in [0.2, 0.25) is 0 Å². The Morgan fingerprint density at radius 1 is 1.32 bits per heavy atom. The topological polar surface area (TPSA) is 56.7 Å². The maximum absolute atomic E-state index is 13.2. The van der Waals surface area contributed by atoms with E-state index < -0.39 is 18.9 Å². The van der Waals surface area contributed by atoms with Gasteiger partial charge >= 0.3 is 12.3 Å². The minimum Gasteiger partial charge on any atom is -0.383 e. The predicted molar refractivity (Wildman–Crippen MR) is 62.4 cm³/mol. The van der Waals surface area contributed by atoms with Crippen LogP contribution >= 0.6 is 0 Å². The lowest BCUT2D eigenvalue weighted by atomic mass is 10.2. The van der Waals surface area contributed by atoms with Gasteiger partial charge in [0, 0.05) is 5.69 Å². The van der Waals surface area contributed by atoms with Crippen molar-refractivity contribution in [1.82, 2.24) is 14.5 Å². The third kappa shape index (κ3) is 2.11. The third-order valence-electron chi connectivity index (χ3n) is 3.12. The average molecular weight is 276 g/mol. The van der Waals surface area contributed by atoms with Crippen molar-refractivity contribution in [2.24, 2.45) is 0 Å². The molecule has 8 heteroatoms. The zero-order chi connectivity index (χ0) is 14.4. The number of hydrogen-bond donors (Lipinski definition) is 1. The van der Waals surface area contributed by atoms with E-state index in [2.05, 4.69) is 9.97 Å². The Balaban J connectivity index is 2.62. The molecule has 0 unspecified atom stereocenters. The molecule has 0 aliphatic carbocycles. The molecule has 0 aromatic carbocycles. The minimum atomic E-state index is -4.12. The van der Waals surface area contributed by atoms with Gasteiger partial charge in [0.05, 0.1) is 11.9 Å². The highest BCUT2D eigenvalue weighted by atomic mass is 19.3. The van der Waals surface area contributed by atoms with E-state index in [1.54, 1.807) is 13.8 Å². The number of halogens is 4. The average Bonchev–Trinajstić information content (AvgIpc) is 2.55. The number of nitrogens with two attached hydrogens (primary N) is 1. The van der Waals surface area contributed by atoms with E-state index in [1.807, 2.05) is 0 Å². The monoisotopic (exact) mass is 276 g/mol. The summed E-state index contributed by atoms with van der Waals surface area (Å²) in [6.45, 7) is 2.07. The quantitative estimate of drug-likeness (QED) is 0.876. The standard InChI is InChI=1S/C11H12F4N4/c1-5-6(2)19(3-11(14,15)10(12)13)9-7(5)8(16)17-4-18-9/h4,10H,3H2,1-2H3,(H2,16,17,18). The fourth-order valence-corrected chi connectivity index (χ4v) is 1.97. The van der Waals surface area contributed by atoms with Crippen molar-refractivity contribution in [2.75, 3.05) is 5.73 Å². The van der Waals surface area contributed by atoms with Crippen LogP contribution in [-0.2, 0) is 6.54 Å². The highest BCUT2D eigenvalue weighted by Gasteiger charge is 2.42. The second-order valence-corrected chi connectivity index (χ2v) is 4.32. The number of nitrogens with zero attached hydrogens (tertiary/aromatic N) is 3. The molecular formula is C11H12F4N4. The summed E-state index contributed by atoms with van der Waals surface area (Å²) in [5.74, 6) is -3.98. The lowest BCUT2D eigenvalue weighted by Gasteiger charge is -2.17. The number of nitrogen functional groups attached to an aromatic ring is 1. The van der Waals surface area contributed by atoms with Crippen molar-refractivity contribution in [3.8, 4) is 0 Å². The number of hydrogen-bond acceptors (Lipinski definition) is 3. The first-order valence-electron chi connectivity index (χ1n) is 5.47. The van der Waals surface area contributed by atoms with E-state index in [4.69, 9.17) is 5.73 Å². The smallest absolute Gasteiger partial charge is 0.324 e. The van der Waals surface area contributed by atoms with Crippen molar-refractivity contribution in [2.45, 2.75) is 32.7 Å². The van der Waals surface area contributed by atoms with E-state index in [9.17, 15) is 17.6 Å². The van der Waals surface area contributed by atoms with Crippen LogP contribution in [0.2, 0.25) is 0 Å². The van der Waals surface area contributed by atoms with Crippen LogP contribution in [0.4, 0.5) is 23.4 Å². The molecule has 2 N–H and O–H groups in total. The predicted octanol–water partition coefficient (Wildman–Crippen LogP) is 2.53. The molecular weight excluding hydrogens is 264 g/mol. The van der Waals surface area contributed by atoms with Gasteiger partial charge in [0.25, 0.3) is 0 Å². The Morgan fingerprint density at radius 2 is 1.95 bits per heavy atom. The molecule has 0 bridgehead atoms. The van der Waals surface area contributed by atoms with Crippen molar-refractivity contribution in [3.63, 3.8) is 0 Å². The Labute approximate surface area is 106 Å². The molecule has 0 atom stereocenters. The highest BCUT2D eigenvalue weighted by Crippen LogP contribution is 2.31. The van der Waals surface area contributed by atoms with Gasteiger partial charge in [-0.1, -0.05) is 0 Å². The molecule has 0 saturated heterocycles. The molecule has 0 spiro atoms. The van der Waals surface area contributed by atoms with E-state index in [0.717, 1.165) is 10.9 Å². The fourth-order valence-electron chi connectivity index (χ4n) is 1.97. The first-order chi connectivity index (χ1) is 8.75. The first kappa shape index (κ1) is 13.6. The molecule has 2 rings (SSSR count). The molecule has 0 aliphatic heterocycles. The molecule has 2 heterocycles. The Bertz CT molecular complexity index is 621. The van der Waals surface area contributed by atoms with Crippen LogP contribution in [0, 0.1) is 13.8 Å². The second kappa shape index (κ2) is 4.36. The van der Waals surface area contributed by atoms with E-state index in [1.165, 1.54) is 0 Å². The van der Waals surface area contributed by atoms with E-state index in [0.29, 0.717) is 16.6 Å². The number of anilines is 1. The lowest BCUT2D eigenvalue weighted by molar-refractivity contribution is -0.137. The molecule has 0 radical (unpaired) electrons. The van der Waals surface area contributed by atoms with Gasteiger partial charge in [-0.3, -0.25) is 0 Å². The number of aryl methyl sites for hydroxylation is 1. The largest absolute Gasteiger partial charge is 0.383 e. The molecule has 2 aromatic rings. The van der Waals surface area contributed by atoms with Gasteiger partial charge < -0.3 is 10.3 Å². The molecule has 4 nitrogen and oxygen atoms in total. The van der Waals surface area contributed by atoms with Crippen LogP contribution in [0.25, 0.3) is 11.0 Å². The zero-order valence-corrected chi connectivity index (χ0v) is 10.3. The number of fused-ring (bicyclic) bond motifs is 1. The molecule has 2 aromatic heterocycles. The highest BCUT2D eigenvalue weighted by molar-refractivity contribution is 5.90. The summed E-state index contributed by atoms with van der Waals surface area (Å²) in [6.07, 6.45) is -2.61. The second-order valence-electron chi connectivity index (χ2n) is 4.32. The molecule has 0 saturated carbocycles. The maximum Gasteiger partial charge on any atom is 0.324 e. The van der Waals surface area contributed by atoms with Crippen LogP contribution in [0.3, 0.4) is 0 Å². The van der Waals surface area contributed by atoms with Gasteiger partial charge in [0.15, 0.2) is 0 Å². The fraction of sp³-hybridized carbons (Fsp3) is 0.455. The number of aromatic nitrogens is 3. The SMILES string of the molecule is Cc1c(C)n(CC(F)(F)C(F)F)c2ncnc(N)c12. The van der Waals surface area contributed by atoms with Crippen molar-refractivity contribution >= 4 is 16.9 Å². The van der Waals surface area contributed by atoms with Crippen LogP contribution in [0.5, 0.6) is 0 Å². The Hall–Kier alpha value is -1.86. The molecule has 0 aliphatic rings. The molecule has 19 heavy (non-hydrogen) atoms. The van der Waals surface area contributed by atoms with Gasteiger partial charge in [-0.25, -0.2) is 18.7 Å². The minimum absolute atomic E-state index is 0.142. The molecule has 0 amide bonds. The van der Waals surface area contributed by atoms with Gasteiger partial charge in [-0.05, 0) is 19.4 Å². The molecule has 104 valence electrons. The zero-order valence-electron chi connectivity index (χ0n) is 10.3. The summed E-state index contributed by atoms with van der Waals surface area (Å²) in [4.78, 5) is 7.63. The summed E-state index contributed by atoms with van der Waals surface area (Å²) in [5.41, 5.74) is 6.83. The first-order valence-corrected chi connectivity index (χ1v) is 5.47. The van der Waals surface area contributed by atoms with Crippen LogP contribution < -0.4 is 5.73 Å². The summed E-state index contributed by atoms with van der Waals surface area (Å²) >= 11 is 0. The van der Waals surface area contributed by atoms with Crippen molar-refractivity contribution < 1.29 is 17.6 Å². The Morgan fingerprint density at radius 3 is 2.53 bits per heavy atom.